The molecule has 1 heterocycles. The van der Waals surface area contributed by atoms with Gasteiger partial charge in [0.25, 0.3) is 0 Å². The number of rotatable bonds is 2. The number of para-hydroxylation sites is 1. The second-order valence-electron chi connectivity index (χ2n) is 4.20. The number of hydrogen-bond acceptors (Lipinski definition) is 2. The lowest BCUT2D eigenvalue weighted by molar-refractivity contribution is 0.978. The van der Waals surface area contributed by atoms with Gasteiger partial charge in [-0.05, 0) is 17.7 Å². The van der Waals surface area contributed by atoms with Gasteiger partial charge in [0, 0.05) is 17.4 Å². The Morgan fingerprint density at radius 2 is 1.47 bits per heavy atom. The molecule has 0 saturated heterocycles. The maximum Gasteiger partial charge on any atom is 0.137 e. The molecule has 0 radical (unpaired) electrons. The number of aromatic nitrogens is 2. The molecule has 0 aliphatic carbocycles. The molecule has 92 valence electrons. The summed E-state index contributed by atoms with van der Waals surface area (Å²) in [4.78, 5) is 4.31. The first-order valence-electron chi connectivity index (χ1n) is 6.04. The molecule has 3 heteroatoms. The molecule has 0 aliphatic heterocycles. The van der Waals surface area contributed by atoms with Gasteiger partial charge in [0.15, 0.2) is 0 Å². The molecule has 0 fully saturated rings. The number of hydrogen-bond donors (Lipinski definition) is 0. The van der Waals surface area contributed by atoms with Crippen molar-refractivity contribution in [2.45, 2.75) is 0 Å². The zero-order valence-corrected chi connectivity index (χ0v) is 11.0. The van der Waals surface area contributed by atoms with Crippen molar-refractivity contribution < 1.29 is 0 Å². The van der Waals surface area contributed by atoms with Gasteiger partial charge >= 0.3 is 0 Å². The second kappa shape index (κ2) is 5.16. The third kappa shape index (κ3) is 2.46. The molecule has 2 aromatic carbocycles. The molecule has 0 unspecified atom stereocenters. The molecule has 0 amide bonds. The maximum absolute atomic E-state index is 5.32. The van der Waals surface area contributed by atoms with Crippen LogP contribution in [0.3, 0.4) is 0 Å². The first kappa shape index (κ1) is 11.8. The molecule has 0 atom stereocenters. The SMILES string of the molecule is S=c1ncn(-c2ccccc2)cc1-c1ccccc1. The average Bonchev–Trinajstić information content (AvgIpc) is 2.49. The van der Waals surface area contributed by atoms with Crippen LogP contribution in [-0.4, -0.2) is 9.55 Å². The third-order valence-electron chi connectivity index (χ3n) is 2.94. The lowest BCUT2D eigenvalue weighted by Crippen LogP contribution is -1.97. The van der Waals surface area contributed by atoms with Crippen LogP contribution >= 0.6 is 12.2 Å². The Bertz CT molecular complexity index is 733. The summed E-state index contributed by atoms with van der Waals surface area (Å²) >= 11 is 5.32. The average molecular weight is 264 g/mol. The zero-order chi connectivity index (χ0) is 13.1. The fourth-order valence-corrected chi connectivity index (χ4v) is 2.19. The molecule has 0 N–H and O–H groups in total. The minimum absolute atomic E-state index is 0.624. The predicted octanol–water partition coefficient (Wildman–Crippen LogP) is 4.27. The normalized spacial score (nSPS) is 10.3. The van der Waals surface area contributed by atoms with Gasteiger partial charge in [-0.3, -0.25) is 0 Å². The summed E-state index contributed by atoms with van der Waals surface area (Å²) in [7, 11) is 0. The van der Waals surface area contributed by atoms with Gasteiger partial charge in [-0.1, -0.05) is 60.7 Å². The van der Waals surface area contributed by atoms with E-state index in [2.05, 4.69) is 4.98 Å². The fourth-order valence-electron chi connectivity index (χ4n) is 1.97. The molecule has 3 rings (SSSR count). The Balaban J connectivity index is 2.15. The van der Waals surface area contributed by atoms with E-state index in [1.165, 1.54) is 0 Å². The van der Waals surface area contributed by atoms with Crippen LogP contribution < -0.4 is 0 Å². The monoisotopic (exact) mass is 264 g/mol. The van der Waals surface area contributed by atoms with E-state index in [-0.39, 0.29) is 0 Å². The molecule has 0 spiro atoms. The molecular weight excluding hydrogens is 252 g/mol. The summed E-state index contributed by atoms with van der Waals surface area (Å²) < 4.78 is 2.61. The highest BCUT2D eigenvalue weighted by molar-refractivity contribution is 7.71. The Labute approximate surface area is 117 Å². The van der Waals surface area contributed by atoms with Crippen LogP contribution in [0.4, 0.5) is 0 Å². The Morgan fingerprint density at radius 3 is 2.16 bits per heavy atom. The van der Waals surface area contributed by atoms with Crippen molar-refractivity contribution in [2.75, 3.05) is 0 Å². The van der Waals surface area contributed by atoms with Gasteiger partial charge < -0.3 is 4.57 Å². The van der Waals surface area contributed by atoms with Crippen molar-refractivity contribution in [1.29, 1.82) is 0 Å². The predicted molar refractivity (Wildman–Crippen MR) is 79.8 cm³/mol. The molecule has 3 aromatic rings. The van der Waals surface area contributed by atoms with Crippen LogP contribution in [0.25, 0.3) is 16.8 Å². The summed E-state index contributed by atoms with van der Waals surface area (Å²) in [6, 6.07) is 20.2. The van der Waals surface area contributed by atoms with Crippen molar-refractivity contribution in [3.8, 4) is 16.8 Å². The summed E-state index contributed by atoms with van der Waals surface area (Å²) in [5.41, 5.74) is 3.13. The summed E-state index contributed by atoms with van der Waals surface area (Å²) in [6.07, 6.45) is 3.78. The molecule has 19 heavy (non-hydrogen) atoms. The van der Waals surface area contributed by atoms with Crippen molar-refractivity contribution in [3.05, 3.63) is 77.8 Å². The standard InChI is InChI=1S/C16H12N2S/c19-16-15(13-7-3-1-4-8-13)11-18(12-17-16)14-9-5-2-6-10-14/h1-12H. The fraction of sp³-hybridized carbons (Fsp3) is 0. The topological polar surface area (TPSA) is 17.8 Å². The molecule has 0 saturated carbocycles. The Kier molecular flexibility index (Phi) is 3.21. The highest BCUT2D eigenvalue weighted by Gasteiger charge is 2.02. The highest BCUT2D eigenvalue weighted by atomic mass is 32.1. The van der Waals surface area contributed by atoms with Gasteiger partial charge in [-0.2, -0.15) is 0 Å². The van der Waals surface area contributed by atoms with Gasteiger partial charge in [0.2, 0.25) is 0 Å². The summed E-state index contributed by atoms with van der Waals surface area (Å²) in [6.45, 7) is 0. The number of benzene rings is 2. The maximum atomic E-state index is 5.32. The summed E-state index contributed by atoms with van der Waals surface area (Å²) in [5, 5.41) is 0. The van der Waals surface area contributed by atoms with Gasteiger partial charge in [-0.25, -0.2) is 4.98 Å². The zero-order valence-electron chi connectivity index (χ0n) is 10.2. The van der Waals surface area contributed by atoms with Crippen LogP contribution in [0.2, 0.25) is 0 Å². The highest BCUT2D eigenvalue weighted by Crippen LogP contribution is 2.20. The van der Waals surface area contributed by atoms with E-state index < -0.39 is 0 Å². The summed E-state index contributed by atoms with van der Waals surface area (Å²) in [5.74, 6) is 0. The first-order chi connectivity index (χ1) is 9.34. The van der Waals surface area contributed by atoms with Crippen LogP contribution in [0.15, 0.2) is 73.2 Å². The van der Waals surface area contributed by atoms with E-state index in [9.17, 15) is 0 Å². The molecule has 0 bridgehead atoms. The number of nitrogens with zero attached hydrogens (tertiary/aromatic N) is 2. The second-order valence-corrected chi connectivity index (χ2v) is 4.59. The van der Waals surface area contributed by atoms with E-state index in [4.69, 9.17) is 12.2 Å². The van der Waals surface area contributed by atoms with E-state index in [0.717, 1.165) is 16.8 Å². The van der Waals surface area contributed by atoms with Gasteiger partial charge in [-0.15, -0.1) is 0 Å². The lowest BCUT2D eigenvalue weighted by Gasteiger charge is -2.08. The lowest BCUT2D eigenvalue weighted by atomic mass is 10.1. The van der Waals surface area contributed by atoms with Crippen molar-refractivity contribution >= 4 is 12.2 Å². The molecule has 1 aromatic heterocycles. The van der Waals surface area contributed by atoms with Gasteiger partial charge in [0.1, 0.15) is 11.0 Å². The Morgan fingerprint density at radius 1 is 0.842 bits per heavy atom. The van der Waals surface area contributed by atoms with Crippen molar-refractivity contribution in [2.24, 2.45) is 0 Å². The van der Waals surface area contributed by atoms with E-state index in [1.54, 1.807) is 6.33 Å². The quantitative estimate of drug-likeness (QED) is 0.643. The van der Waals surface area contributed by atoms with Crippen LogP contribution in [0, 0.1) is 4.64 Å². The largest absolute Gasteiger partial charge is 0.307 e. The van der Waals surface area contributed by atoms with Crippen LogP contribution in [0.5, 0.6) is 0 Å². The van der Waals surface area contributed by atoms with Gasteiger partial charge in [0.05, 0.1) is 0 Å². The third-order valence-corrected chi connectivity index (χ3v) is 3.26. The van der Waals surface area contributed by atoms with Crippen molar-refractivity contribution in [1.82, 2.24) is 9.55 Å². The first-order valence-corrected chi connectivity index (χ1v) is 6.44. The molecule has 2 nitrogen and oxygen atoms in total. The van der Waals surface area contributed by atoms with E-state index in [1.807, 2.05) is 71.4 Å². The molecular formula is C16H12N2S. The van der Waals surface area contributed by atoms with Crippen LogP contribution in [0.1, 0.15) is 0 Å². The minimum atomic E-state index is 0.624. The Hall–Kier alpha value is -2.26. The van der Waals surface area contributed by atoms with E-state index >= 15 is 0 Å². The minimum Gasteiger partial charge on any atom is -0.307 e. The smallest absolute Gasteiger partial charge is 0.137 e. The van der Waals surface area contributed by atoms with Crippen molar-refractivity contribution in [3.63, 3.8) is 0 Å². The molecule has 0 aliphatic rings. The van der Waals surface area contributed by atoms with Crippen LogP contribution in [-0.2, 0) is 0 Å². The van der Waals surface area contributed by atoms with E-state index in [0.29, 0.717) is 4.64 Å².